The Morgan fingerprint density at radius 3 is 2.50 bits per heavy atom. The molecule has 1 fully saturated rings. The number of imide groups is 2. The van der Waals surface area contributed by atoms with Crippen LogP contribution < -0.4 is 5.32 Å². The second-order valence-corrected chi connectivity index (χ2v) is 6.85. The molecule has 1 aromatic carbocycles. The van der Waals surface area contributed by atoms with Gasteiger partial charge in [-0.3, -0.25) is 19.8 Å². The number of carbonyl (C=O) groups is 3. The average molecular weight is 420 g/mol. The number of likely N-dealkylation sites (N-methyl/N-ethyl adjacent to an activating group) is 1. The molecule has 3 rings (SSSR count). The standard InChI is InChI=1S/C18H15BrFN3O3/c1-9-6-11(7-13-16(24)21-18(26)22(3)17(13)25)10(2)23(9)15-5-4-12(19)8-14(15)20/h4-8H,1-3H3,(H,21,24,26)/b13-7-. The van der Waals surface area contributed by atoms with Crippen molar-refractivity contribution >= 4 is 39.9 Å². The third-order valence-corrected chi connectivity index (χ3v) is 4.72. The number of amides is 4. The van der Waals surface area contributed by atoms with Gasteiger partial charge in [0.1, 0.15) is 11.4 Å². The van der Waals surface area contributed by atoms with Crippen LogP contribution in [0.1, 0.15) is 17.0 Å². The molecule has 8 heteroatoms. The number of hydrogen-bond donors (Lipinski definition) is 1. The average Bonchev–Trinajstić information content (AvgIpc) is 2.84. The largest absolute Gasteiger partial charge is 0.331 e. The maximum absolute atomic E-state index is 14.4. The van der Waals surface area contributed by atoms with Gasteiger partial charge >= 0.3 is 6.03 Å². The summed E-state index contributed by atoms with van der Waals surface area (Å²) < 4.78 is 16.7. The number of barbiturate groups is 1. The molecule has 6 nitrogen and oxygen atoms in total. The fraction of sp³-hybridized carbons (Fsp3) is 0.167. The summed E-state index contributed by atoms with van der Waals surface area (Å²) in [4.78, 5) is 36.5. The summed E-state index contributed by atoms with van der Waals surface area (Å²) in [6, 6.07) is 5.72. The number of halogens is 2. The number of nitrogens with one attached hydrogen (secondary N) is 1. The molecule has 1 saturated heterocycles. The molecule has 2 heterocycles. The molecule has 0 bridgehead atoms. The van der Waals surface area contributed by atoms with Crippen molar-refractivity contribution in [1.29, 1.82) is 0 Å². The highest BCUT2D eigenvalue weighted by atomic mass is 79.9. The number of aromatic nitrogens is 1. The molecule has 26 heavy (non-hydrogen) atoms. The number of aryl methyl sites for hydroxylation is 1. The van der Waals surface area contributed by atoms with Crippen LogP contribution in [0.25, 0.3) is 11.8 Å². The SMILES string of the molecule is Cc1cc(/C=C2/C(=O)NC(=O)N(C)C2=O)c(C)n1-c1ccc(Br)cc1F. The Hall–Kier alpha value is -2.74. The second-order valence-electron chi connectivity index (χ2n) is 5.94. The van der Waals surface area contributed by atoms with Crippen molar-refractivity contribution in [2.24, 2.45) is 0 Å². The van der Waals surface area contributed by atoms with Crippen LogP contribution in [-0.4, -0.2) is 34.4 Å². The normalized spacial score (nSPS) is 16.4. The maximum atomic E-state index is 14.4. The van der Waals surface area contributed by atoms with Crippen molar-refractivity contribution in [2.45, 2.75) is 13.8 Å². The van der Waals surface area contributed by atoms with Gasteiger partial charge in [-0.15, -0.1) is 0 Å². The Morgan fingerprint density at radius 1 is 1.15 bits per heavy atom. The lowest BCUT2D eigenvalue weighted by Gasteiger charge is -2.22. The van der Waals surface area contributed by atoms with Crippen LogP contribution in [0.4, 0.5) is 9.18 Å². The van der Waals surface area contributed by atoms with Crippen molar-refractivity contribution in [3.63, 3.8) is 0 Å². The minimum atomic E-state index is -0.764. The van der Waals surface area contributed by atoms with Gasteiger partial charge in [0.2, 0.25) is 0 Å². The third-order valence-electron chi connectivity index (χ3n) is 4.23. The summed E-state index contributed by atoms with van der Waals surface area (Å²) >= 11 is 3.23. The van der Waals surface area contributed by atoms with Gasteiger partial charge in [0.15, 0.2) is 0 Å². The van der Waals surface area contributed by atoms with Crippen molar-refractivity contribution < 1.29 is 18.8 Å². The minimum Gasteiger partial charge on any atom is -0.315 e. The molecule has 2 aromatic rings. The van der Waals surface area contributed by atoms with Crippen LogP contribution in [0.15, 0.2) is 34.3 Å². The summed E-state index contributed by atoms with van der Waals surface area (Å²) in [5.74, 6) is -1.84. The van der Waals surface area contributed by atoms with Gasteiger partial charge in [-0.25, -0.2) is 9.18 Å². The monoisotopic (exact) mass is 419 g/mol. The van der Waals surface area contributed by atoms with Crippen molar-refractivity contribution in [3.05, 3.63) is 57.1 Å². The van der Waals surface area contributed by atoms with Crippen LogP contribution in [0.2, 0.25) is 0 Å². The molecule has 1 aliphatic rings. The van der Waals surface area contributed by atoms with Gasteiger partial charge < -0.3 is 4.57 Å². The highest BCUT2D eigenvalue weighted by molar-refractivity contribution is 9.10. The van der Waals surface area contributed by atoms with Crippen LogP contribution in [0.3, 0.4) is 0 Å². The molecule has 0 aliphatic carbocycles. The van der Waals surface area contributed by atoms with Gasteiger partial charge in [0, 0.05) is 22.9 Å². The zero-order valence-corrected chi connectivity index (χ0v) is 15.8. The maximum Gasteiger partial charge on any atom is 0.331 e. The Morgan fingerprint density at radius 2 is 1.85 bits per heavy atom. The summed E-state index contributed by atoms with van der Waals surface area (Å²) in [5.41, 5.74) is 2.20. The third kappa shape index (κ3) is 2.96. The van der Waals surface area contributed by atoms with E-state index in [0.29, 0.717) is 21.4 Å². The first-order valence-electron chi connectivity index (χ1n) is 7.70. The zero-order chi connectivity index (χ0) is 19.2. The lowest BCUT2D eigenvalue weighted by atomic mass is 10.1. The van der Waals surface area contributed by atoms with Crippen LogP contribution in [0, 0.1) is 19.7 Å². The highest BCUT2D eigenvalue weighted by Gasteiger charge is 2.33. The lowest BCUT2D eigenvalue weighted by molar-refractivity contribution is -0.129. The number of hydrogen-bond acceptors (Lipinski definition) is 3. The van der Waals surface area contributed by atoms with E-state index < -0.39 is 23.7 Å². The molecule has 0 spiro atoms. The predicted octanol–water partition coefficient (Wildman–Crippen LogP) is 3.09. The van der Waals surface area contributed by atoms with Crippen molar-refractivity contribution in [2.75, 3.05) is 7.05 Å². The molecule has 0 radical (unpaired) electrons. The van der Waals surface area contributed by atoms with Gasteiger partial charge in [-0.2, -0.15) is 0 Å². The minimum absolute atomic E-state index is 0.149. The van der Waals surface area contributed by atoms with Gasteiger partial charge in [-0.05, 0) is 49.8 Å². The molecule has 0 saturated carbocycles. The number of nitrogens with zero attached hydrogens (tertiary/aromatic N) is 2. The first kappa shape index (κ1) is 18.1. The van der Waals surface area contributed by atoms with Gasteiger partial charge in [0.05, 0.1) is 5.69 Å². The lowest BCUT2D eigenvalue weighted by Crippen LogP contribution is -2.52. The summed E-state index contributed by atoms with van der Waals surface area (Å²) in [6.45, 7) is 3.57. The number of rotatable bonds is 2. The number of carbonyl (C=O) groups excluding carboxylic acids is 3. The van der Waals surface area contributed by atoms with Crippen molar-refractivity contribution in [1.82, 2.24) is 14.8 Å². The molecule has 1 N–H and O–H groups in total. The predicted molar refractivity (Wildman–Crippen MR) is 97.2 cm³/mol. The fourth-order valence-electron chi connectivity index (χ4n) is 2.87. The zero-order valence-electron chi connectivity index (χ0n) is 14.3. The van der Waals surface area contributed by atoms with Crippen LogP contribution in [0.5, 0.6) is 0 Å². The van der Waals surface area contributed by atoms with Crippen molar-refractivity contribution in [3.8, 4) is 5.69 Å². The number of urea groups is 1. The fourth-order valence-corrected chi connectivity index (χ4v) is 3.20. The summed E-state index contributed by atoms with van der Waals surface area (Å²) in [7, 11) is 1.29. The molecule has 4 amide bonds. The van der Waals surface area contributed by atoms with E-state index in [4.69, 9.17) is 0 Å². The molecule has 0 atom stereocenters. The van der Waals surface area contributed by atoms with E-state index in [9.17, 15) is 18.8 Å². The Bertz CT molecular complexity index is 994. The molecule has 0 unspecified atom stereocenters. The van der Waals surface area contributed by atoms with E-state index in [1.165, 1.54) is 19.2 Å². The molecular weight excluding hydrogens is 405 g/mol. The Kier molecular flexibility index (Phi) is 4.53. The van der Waals surface area contributed by atoms with Gasteiger partial charge in [0.25, 0.3) is 11.8 Å². The quantitative estimate of drug-likeness (QED) is 0.600. The van der Waals surface area contributed by atoms with E-state index >= 15 is 0 Å². The molecule has 1 aliphatic heterocycles. The van der Waals surface area contributed by atoms with E-state index in [1.54, 1.807) is 36.6 Å². The van der Waals surface area contributed by atoms with E-state index in [1.807, 2.05) is 0 Å². The smallest absolute Gasteiger partial charge is 0.315 e. The summed E-state index contributed by atoms with van der Waals surface area (Å²) in [5, 5.41) is 2.10. The van der Waals surface area contributed by atoms with Gasteiger partial charge in [-0.1, -0.05) is 15.9 Å². The molecular formula is C18H15BrFN3O3. The van der Waals surface area contributed by atoms with E-state index in [-0.39, 0.29) is 5.57 Å². The Labute approximate surface area is 157 Å². The highest BCUT2D eigenvalue weighted by Crippen LogP contribution is 2.26. The summed E-state index contributed by atoms with van der Waals surface area (Å²) in [6.07, 6.45) is 1.41. The molecule has 134 valence electrons. The first-order valence-corrected chi connectivity index (χ1v) is 8.49. The molecule has 1 aromatic heterocycles. The second kappa shape index (κ2) is 6.53. The van der Waals surface area contributed by atoms with Crippen LogP contribution >= 0.6 is 15.9 Å². The van der Waals surface area contributed by atoms with E-state index in [2.05, 4.69) is 21.2 Å². The topological polar surface area (TPSA) is 71.4 Å². The Balaban J connectivity index is 2.10. The number of benzene rings is 1. The first-order chi connectivity index (χ1) is 12.2. The van der Waals surface area contributed by atoms with Crippen LogP contribution in [-0.2, 0) is 9.59 Å². The van der Waals surface area contributed by atoms with E-state index in [0.717, 1.165) is 10.6 Å².